The van der Waals surface area contributed by atoms with Crippen molar-refractivity contribution in [1.82, 2.24) is 4.90 Å². The number of benzene rings is 1. The Kier molecular flexibility index (Phi) is 4.98. The third-order valence-corrected chi connectivity index (χ3v) is 3.29. The van der Waals surface area contributed by atoms with Gasteiger partial charge in [0.15, 0.2) is 6.61 Å². The van der Waals surface area contributed by atoms with E-state index in [1.165, 1.54) is 17.0 Å². The zero-order chi connectivity index (χ0) is 18.1. The van der Waals surface area contributed by atoms with Crippen molar-refractivity contribution < 1.29 is 32.5 Å². The van der Waals surface area contributed by atoms with Gasteiger partial charge in [-0.1, -0.05) is 6.07 Å². The summed E-state index contributed by atoms with van der Waals surface area (Å²) in [6, 6.07) is 4.30. The summed E-state index contributed by atoms with van der Waals surface area (Å²) in [5.41, 5.74) is 0.436. The quantitative estimate of drug-likeness (QED) is 0.891. The number of fused-ring (bicyclic) bond motifs is 1. The Hall–Kier alpha value is -1.96. The van der Waals surface area contributed by atoms with Crippen LogP contribution in [0.15, 0.2) is 18.2 Å². The van der Waals surface area contributed by atoms with E-state index in [1.54, 1.807) is 26.8 Å². The molecule has 0 saturated carbocycles. The number of carbonyl (C=O) groups is 1. The summed E-state index contributed by atoms with van der Waals surface area (Å²) in [7, 11) is 0. The number of ether oxygens (including phenoxy) is 2. The fraction of sp³-hybridized carbons (Fsp3) is 0.562. The molecule has 0 aromatic heterocycles. The smallest absolute Gasteiger partial charge is 0.422 e. The molecule has 0 aliphatic carbocycles. The Labute approximate surface area is 138 Å². The Morgan fingerprint density at radius 1 is 1.33 bits per heavy atom. The SMILES string of the molecule is CC(C)(C)OC(=O)N1Cc2ccc(OCC(F)(F)F)cc2C(O)C1. The van der Waals surface area contributed by atoms with E-state index in [9.17, 15) is 23.1 Å². The number of β-amino-alcohol motifs (C(OH)–C–C–N with tert-alkyl or cyclic N) is 1. The summed E-state index contributed by atoms with van der Waals surface area (Å²) >= 11 is 0. The second-order valence-corrected chi connectivity index (χ2v) is 6.64. The molecular formula is C16H20F3NO4. The zero-order valence-electron chi connectivity index (χ0n) is 13.7. The van der Waals surface area contributed by atoms with Crippen LogP contribution in [0.25, 0.3) is 0 Å². The lowest BCUT2D eigenvalue weighted by Gasteiger charge is -2.33. The molecule has 1 aromatic carbocycles. The van der Waals surface area contributed by atoms with Crippen molar-refractivity contribution in [2.24, 2.45) is 0 Å². The molecule has 0 fully saturated rings. The van der Waals surface area contributed by atoms with Crippen LogP contribution >= 0.6 is 0 Å². The molecule has 0 radical (unpaired) electrons. The maximum atomic E-state index is 12.2. The molecule has 24 heavy (non-hydrogen) atoms. The highest BCUT2D eigenvalue weighted by atomic mass is 19.4. The largest absolute Gasteiger partial charge is 0.484 e. The van der Waals surface area contributed by atoms with Gasteiger partial charge in [0.2, 0.25) is 0 Å². The lowest BCUT2D eigenvalue weighted by Crippen LogP contribution is -2.41. The fourth-order valence-corrected chi connectivity index (χ4v) is 2.32. The minimum absolute atomic E-state index is 0.00460. The molecule has 1 heterocycles. The third-order valence-electron chi connectivity index (χ3n) is 3.29. The zero-order valence-corrected chi connectivity index (χ0v) is 13.7. The molecule has 1 aromatic rings. The van der Waals surface area contributed by atoms with Gasteiger partial charge in [-0.2, -0.15) is 13.2 Å². The van der Waals surface area contributed by atoms with Gasteiger partial charge >= 0.3 is 12.3 Å². The number of nitrogens with zero attached hydrogens (tertiary/aromatic N) is 1. The highest BCUT2D eigenvalue weighted by Gasteiger charge is 2.31. The Balaban J connectivity index is 2.10. The molecule has 8 heteroatoms. The average Bonchev–Trinajstić information content (AvgIpc) is 2.42. The van der Waals surface area contributed by atoms with Crippen LogP contribution in [-0.4, -0.2) is 41.0 Å². The van der Waals surface area contributed by atoms with Gasteiger partial charge in [0.25, 0.3) is 0 Å². The van der Waals surface area contributed by atoms with Gasteiger partial charge in [-0.05, 0) is 44.0 Å². The average molecular weight is 347 g/mol. The standard InChI is InChI=1S/C16H20F3NO4/c1-15(2,3)24-14(22)20-7-10-4-5-11(23-9-16(17,18)19)6-12(10)13(21)8-20/h4-6,13,21H,7-9H2,1-3H3. The first-order valence-electron chi connectivity index (χ1n) is 7.43. The molecule has 1 atom stereocenters. The molecular weight excluding hydrogens is 327 g/mol. The summed E-state index contributed by atoms with van der Waals surface area (Å²) in [6.45, 7) is 4.04. The van der Waals surface area contributed by atoms with Gasteiger partial charge in [-0.25, -0.2) is 4.79 Å². The first-order valence-corrected chi connectivity index (χ1v) is 7.43. The Morgan fingerprint density at radius 2 is 2.00 bits per heavy atom. The second kappa shape index (κ2) is 6.51. The normalized spacial score (nSPS) is 18.1. The van der Waals surface area contributed by atoms with Gasteiger partial charge in [-0.15, -0.1) is 0 Å². The van der Waals surface area contributed by atoms with Crippen LogP contribution in [0.1, 0.15) is 38.0 Å². The van der Waals surface area contributed by atoms with E-state index >= 15 is 0 Å². The number of alkyl halides is 3. The molecule has 0 saturated heterocycles. The summed E-state index contributed by atoms with van der Waals surface area (Å²) < 4.78 is 46.6. The predicted molar refractivity (Wildman–Crippen MR) is 79.6 cm³/mol. The number of rotatable bonds is 2. The number of hydrogen-bond acceptors (Lipinski definition) is 4. The number of aliphatic hydroxyl groups excluding tert-OH is 1. The van der Waals surface area contributed by atoms with E-state index < -0.39 is 30.6 Å². The Morgan fingerprint density at radius 3 is 2.58 bits per heavy atom. The first-order chi connectivity index (χ1) is 10.9. The maximum absolute atomic E-state index is 12.2. The summed E-state index contributed by atoms with van der Waals surface area (Å²) in [5.74, 6) is 0.0239. The number of carbonyl (C=O) groups excluding carboxylic acids is 1. The van der Waals surface area contributed by atoms with Crippen LogP contribution in [0.5, 0.6) is 5.75 Å². The monoisotopic (exact) mass is 347 g/mol. The van der Waals surface area contributed by atoms with Gasteiger partial charge in [0, 0.05) is 6.54 Å². The van der Waals surface area contributed by atoms with Crippen LogP contribution in [-0.2, 0) is 11.3 Å². The van der Waals surface area contributed by atoms with Crippen molar-refractivity contribution >= 4 is 6.09 Å². The first kappa shape index (κ1) is 18.4. The maximum Gasteiger partial charge on any atom is 0.422 e. The lowest BCUT2D eigenvalue weighted by molar-refractivity contribution is -0.153. The van der Waals surface area contributed by atoms with Gasteiger partial charge in [0.05, 0.1) is 12.6 Å². The summed E-state index contributed by atoms with van der Waals surface area (Å²) in [5, 5.41) is 10.2. The van der Waals surface area contributed by atoms with E-state index in [2.05, 4.69) is 4.74 Å². The second-order valence-electron chi connectivity index (χ2n) is 6.64. The van der Waals surface area contributed by atoms with Crippen LogP contribution in [0.2, 0.25) is 0 Å². The van der Waals surface area contributed by atoms with Crippen LogP contribution < -0.4 is 4.74 Å². The Bertz CT molecular complexity index is 610. The van der Waals surface area contributed by atoms with E-state index in [0.29, 0.717) is 11.1 Å². The highest BCUT2D eigenvalue weighted by molar-refractivity contribution is 5.69. The number of amides is 1. The molecule has 5 nitrogen and oxygen atoms in total. The third kappa shape index (κ3) is 5.02. The molecule has 1 amide bonds. The predicted octanol–water partition coefficient (Wildman–Crippen LogP) is 3.41. The highest BCUT2D eigenvalue weighted by Crippen LogP contribution is 2.31. The van der Waals surface area contributed by atoms with Crippen molar-refractivity contribution in [1.29, 1.82) is 0 Å². The minimum Gasteiger partial charge on any atom is -0.484 e. The number of aliphatic hydroxyl groups is 1. The molecule has 134 valence electrons. The van der Waals surface area contributed by atoms with E-state index in [1.807, 2.05) is 0 Å². The summed E-state index contributed by atoms with van der Waals surface area (Å²) in [6.07, 6.45) is -6.00. The molecule has 1 aliphatic heterocycles. The van der Waals surface area contributed by atoms with Crippen molar-refractivity contribution in [3.8, 4) is 5.75 Å². The molecule has 1 aliphatic rings. The van der Waals surface area contributed by atoms with Gasteiger partial charge < -0.3 is 19.5 Å². The summed E-state index contributed by atoms with van der Waals surface area (Å²) in [4.78, 5) is 13.4. The van der Waals surface area contributed by atoms with Gasteiger partial charge in [0.1, 0.15) is 11.4 Å². The molecule has 0 spiro atoms. The van der Waals surface area contributed by atoms with Crippen molar-refractivity contribution in [2.75, 3.05) is 13.2 Å². The van der Waals surface area contributed by atoms with E-state index in [0.717, 1.165) is 0 Å². The fourth-order valence-electron chi connectivity index (χ4n) is 2.32. The topological polar surface area (TPSA) is 59.0 Å². The van der Waals surface area contributed by atoms with Crippen LogP contribution in [0, 0.1) is 0 Å². The van der Waals surface area contributed by atoms with E-state index in [-0.39, 0.29) is 18.8 Å². The van der Waals surface area contributed by atoms with Crippen molar-refractivity contribution in [3.05, 3.63) is 29.3 Å². The molecule has 1 N–H and O–H groups in total. The molecule has 2 rings (SSSR count). The van der Waals surface area contributed by atoms with Crippen LogP contribution in [0.3, 0.4) is 0 Å². The molecule has 0 bridgehead atoms. The lowest BCUT2D eigenvalue weighted by atomic mass is 9.97. The number of hydrogen-bond donors (Lipinski definition) is 1. The number of halogens is 3. The van der Waals surface area contributed by atoms with E-state index in [4.69, 9.17) is 4.74 Å². The molecule has 1 unspecified atom stereocenters. The van der Waals surface area contributed by atoms with Gasteiger partial charge in [-0.3, -0.25) is 0 Å². The van der Waals surface area contributed by atoms with Crippen molar-refractivity contribution in [2.45, 2.75) is 45.2 Å². The van der Waals surface area contributed by atoms with Crippen LogP contribution in [0.4, 0.5) is 18.0 Å². The van der Waals surface area contributed by atoms with Crippen molar-refractivity contribution in [3.63, 3.8) is 0 Å². The minimum atomic E-state index is -4.43.